The van der Waals surface area contributed by atoms with Gasteiger partial charge in [0.25, 0.3) is 11.5 Å². The van der Waals surface area contributed by atoms with E-state index in [0.29, 0.717) is 42.6 Å². The van der Waals surface area contributed by atoms with Gasteiger partial charge in [-0.3, -0.25) is 14.2 Å². The lowest BCUT2D eigenvalue weighted by Crippen LogP contribution is -2.45. The predicted molar refractivity (Wildman–Crippen MR) is 169 cm³/mol. The van der Waals surface area contributed by atoms with E-state index in [9.17, 15) is 23.2 Å². The van der Waals surface area contributed by atoms with Gasteiger partial charge in [0.15, 0.2) is 5.65 Å². The van der Waals surface area contributed by atoms with Crippen LogP contribution in [-0.4, -0.2) is 35.5 Å². The number of benzene rings is 2. The SMILES string of the molecule is NCc1c(-c2ccccc2)cccc1-n1c(=O)n(C2CCC(NC(=O)c3cn4cc(F)ccc4n3)CC2)c(=O)c2cc(F)cnc21. The van der Waals surface area contributed by atoms with E-state index in [1.165, 1.54) is 38.1 Å². The summed E-state index contributed by atoms with van der Waals surface area (Å²) in [6.07, 6.45) is 5.50. The molecule has 4 aromatic heterocycles. The summed E-state index contributed by atoms with van der Waals surface area (Å²) in [5.74, 6) is -1.54. The first-order valence-corrected chi connectivity index (χ1v) is 15.0. The van der Waals surface area contributed by atoms with Gasteiger partial charge in [0, 0.05) is 31.0 Å². The maximum absolute atomic E-state index is 14.5. The Balaban J connectivity index is 1.23. The number of pyridine rings is 2. The summed E-state index contributed by atoms with van der Waals surface area (Å²) in [6.45, 7) is 0.0979. The number of nitrogens with two attached hydrogens (primary N) is 1. The summed E-state index contributed by atoms with van der Waals surface area (Å²) in [7, 11) is 0. The zero-order chi connectivity index (χ0) is 31.9. The van der Waals surface area contributed by atoms with Crippen molar-refractivity contribution in [2.45, 2.75) is 44.3 Å². The number of carbonyl (C=O) groups excluding carboxylic acids is 1. The molecule has 0 unspecified atom stereocenters. The topological polar surface area (TPSA) is 129 Å². The molecule has 1 aliphatic carbocycles. The molecule has 6 aromatic rings. The Hall–Kier alpha value is -5.49. The van der Waals surface area contributed by atoms with Crippen LogP contribution >= 0.6 is 0 Å². The van der Waals surface area contributed by atoms with Crippen molar-refractivity contribution >= 4 is 22.6 Å². The Morgan fingerprint density at radius 3 is 2.48 bits per heavy atom. The van der Waals surface area contributed by atoms with Gasteiger partial charge in [-0.15, -0.1) is 0 Å². The Labute approximate surface area is 260 Å². The van der Waals surface area contributed by atoms with Gasteiger partial charge in [0.05, 0.1) is 17.3 Å². The van der Waals surface area contributed by atoms with Crippen LogP contribution in [0.5, 0.6) is 0 Å². The smallest absolute Gasteiger partial charge is 0.337 e. The van der Waals surface area contributed by atoms with Gasteiger partial charge in [-0.05, 0) is 66.6 Å². The van der Waals surface area contributed by atoms with Crippen molar-refractivity contribution in [1.29, 1.82) is 0 Å². The van der Waals surface area contributed by atoms with Crippen LogP contribution in [-0.2, 0) is 6.54 Å². The second kappa shape index (κ2) is 11.8. The number of halogens is 2. The monoisotopic (exact) mass is 621 g/mol. The fraction of sp³-hybridized carbons (Fsp3) is 0.206. The van der Waals surface area contributed by atoms with Gasteiger partial charge in [-0.1, -0.05) is 42.5 Å². The minimum atomic E-state index is -0.695. The second-order valence-electron chi connectivity index (χ2n) is 11.4. The maximum atomic E-state index is 14.5. The predicted octanol–water partition coefficient (Wildman–Crippen LogP) is 4.51. The lowest BCUT2D eigenvalue weighted by atomic mass is 9.90. The molecular formula is C34H29F2N7O3. The van der Waals surface area contributed by atoms with E-state index in [4.69, 9.17) is 5.73 Å². The third-order valence-electron chi connectivity index (χ3n) is 8.62. The molecule has 1 fully saturated rings. The number of nitrogens with one attached hydrogen (secondary N) is 1. The number of imidazole rings is 1. The van der Waals surface area contributed by atoms with Crippen molar-refractivity contribution in [2.75, 3.05) is 0 Å². The number of hydrogen-bond acceptors (Lipinski definition) is 6. The molecule has 1 saturated carbocycles. The highest BCUT2D eigenvalue weighted by molar-refractivity contribution is 5.93. The zero-order valence-corrected chi connectivity index (χ0v) is 24.6. The minimum Gasteiger partial charge on any atom is -0.348 e. The molecule has 1 aliphatic rings. The summed E-state index contributed by atoms with van der Waals surface area (Å²) in [6, 6.07) is 18.2. The van der Waals surface area contributed by atoms with E-state index in [1.54, 1.807) is 6.07 Å². The molecule has 0 bridgehead atoms. The summed E-state index contributed by atoms with van der Waals surface area (Å²) in [4.78, 5) is 49.5. The van der Waals surface area contributed by atoms with Gasteiger partial charge in [-0.2, -0.15) is 0 Å². The van der Waals surface area contributed by atoms with Crippen LogP contribution < -0.4 is 22.3 Å². The van der Waals surface area contributed by atoms with Crippen molar-refractivity contribution in [3.63, 3.8) is 0 Å². The van der Waals surface area contributed by atoms with Gasteiger partial charge in [-0.25, -0.2) is 28.1 Å². The van der Waals surface area contributed by atoms with Gasteiger partial charge in [0.2, 0.25) is 0 Å². The molecular weight excluding hydrogens is 592 g/mol. The fourth-order valence-corrected chi connectivity index (χ4v) is 6.42. The van der Waals surface area contributed by atoms with Gasteiger partial charge in [0.1, 0.15) is 23.0 Å². The molecule has 4 heterocycles. The molecule has 12 heteroatoms. The summed E-state index contributed by atoms with van der Waals surface area (Å²) in [5, 5.41) is 2.95. The number of amides is 1. The maximum Gasteiger partial charge on any atom is 0.337 e. The number of hydrogen-bond donors (Lipinski definition) is 2. The largest absolute Gasteiger partial charge is 0.348 e. The average Bonchev–Trinajstić information content (AvgIpc) is 3.50. The third-order valence-corrected chi connectivity index (χ3v) is 8.62. The van der Waals surface area contributed by atoms with Crippen molar-refractivity contribution in [1.82, 2.24) is 28.8 Å². The average molecular weight is 622 g/mol. The second-order valence-corrected chi connectivity index (χ2v) is 11.4. The van der Waals surface area contributed by atoms with Crippen molar-refractivity contribution < 1.29 is 13.6 Å². The van der Waals surface area contributed by atoms with Crippen LogP contribution in [0.4, 0.5) is 8.78 Å². The first-order valence-electron chi connectivity index (χ1n) is 15.0. The highest BCUT2D eigenvalue weighted by Crippen LogP contribution is 2.30. The molecule has 1 amide bonds. The molecule has 0 atom stereocenters. The molecule has 232 valence electrons. The molecule has 0 saturated heterocycles. The third kappa shape index (κ3) is 5.16. The Morgan fingerprint density at radius 2 is 1.72 bits per heavy atom. The highest BCUT2D eigenvalue weighted by atomic mass is 19.1. The lowest BCUT2D eigenvalue weighted by Gasteiger charge is -2.30. The Morgan fingerprint density at radius 1 is 0.935 bits per heavy atom. The normalized spacial score (nSPS) is 16.6. The van der Waals surface area contributed by atoms with Crippen LogP contribution in [0.2, 0.25) is 0 Å². The van der Waals surface area contributed by atoms with Crippen molar-refractivity contribution in [3.05, 3.63) is 129 Å². The van der Waals surface area contributed by atoms with Crippen LogP contribution in [0.3, 0.4) is 0 Å². The molecule has 2 aromatic carbocycles. The van der Waals surface area contributed by atoms with Crippen LogP contribution in [0.15, 0.2) is 94.9 Å². The number of rotatable bonds is 6. The standard InChI is InChI=1S/C34H29F2N7O3/c35-21-9-14-30-40-28(19-41(30)18-21)32(44)39-23-10-12-24(13-11-23)42-33(45)26-15-22(36)17-38-31(26)43(34(42)46)29-8-4-7-25(27(29)16-37)20-5-2-1-3-6-20/h1-9,14-15,17-19,23-24H,10-13,16,37H2,(H,39,44). The molecule has 7 rings (SSSR count). The van der Waals surface area contributed by atoms with Crippen molar-refractivity contribution in [3.8, 4) is 16.8 Å². The number of fused-ring (bicyclic) bond motifs is 2. The lowest BCUT2D eigenvalue weighted by molar-refractivity contribution is 0.0917. The first-order chi connectivity index (χ1) is 22.3. The number of nitrogens with zero attached hydrogens (tertiary/aromatic N) is 5. The van der Waals surface area contributed by atoms with E-state index in [0.717, 1.165) is 23.4 Å². The van der Waals surface area contributed by atoms with Crippen molar-refractivity contribution in [2.24, 2.45) is 5.73 Å². The fourth-order valence-electron chi connectivity index (χ4n) is 6.42. The van der Waals surface area contributed by atoms with E-state index in [1.807, 2.05) is 42.5 Å². The van der Waals surface area contributed by atoms with E-state index in [-0.39, 0.29) is 29.3 Å². The molecule has 10 nitrogen and oxygen atoms in total. The van der Waals surface area contributed by atoms with Crippen LogP contribution in [0.25, 0.3) is 33.5 Å². The molecule has 46 heavy (non-hydrogen) atoms. The molecule has 3 N–H and O–H groups in total. The highest BCUT2D eigenvalue weighted by Gasteiger charge is 2.29. The Kier molecular flexibility index (Phi) is 7.49. The van der Waals surface area contributed by atoms with Gasteiger partial charge < -0.3 is 15.5 Å². The number of carbonyl (C=O) groups is 1. The quantitative estimate of drug-likeness (QED) is 0.282. The molecule has 0 aliphatic heterocycles. The molecule has 0 spiro atoms. The molecule has 0 radical (unpaired) electrons. The van der Waals surface area contributed by atoms with Crippen LogP contribution in [0.1, 0.15) is 47.8 Å². The summed E-state index contributed by atoms with van der Waals surface area (Å²) < 4.78 is 32.0. The minimum absolute atomic E-state index is 0.0219. The summed E-state index contributed by atoms with van der Waals surface area (Å²) >= 11 is 0. The zero-order valence-electron chi connectivity index (χ0n) is 24.6. The summed E-state index contributed by atoms with van der Waals surface area (Å²) in [5.41, 5.74) is 8.55. The first kappa shape index (κ1) is 29.2. The number of aromatic nitrogens is 5. The van der Waals surface area contributed by atoms with Crippen LogP contribution in [0, 0.1) is 11.6 Å². The van der Waals surface area contributed by atoms with E-state index >= 15 is 0 Å². The van der Waals surface area contributed by atoms with E-state index in [2.05, 4.69) is 15.3 Å². The Bertz CT molecular complexity index is 2240. The van der Waals surface area contributed by atoms with Gasteiger partial charge >= 0.3 is 5.69 Å². The van der Waals surface area contributed by atoms with E-state index < -0.39 is 34.8 Å².